The zero-order valence-electron chi connectivity index (χ0n) is 9.45. The molecule has 0 atom stereocenters. The van der Waals surface area contributed by atoms with Gasteiger partial charge in [0, 0.05) is 0 Å². The largest absolute Gasteiger partial charge is 0.0620 e. The van der Waals surface area contributed by atoms with Crippen LogP contribution in [-0.2, 0) is 25.7 Å². The molecule has 0 heteroatoms. The van der Waals surface area contributed by atoms with Crippen LogP contribution in [0.25, 0.3) is 0 Å². The SMILES string of the molecule is c1ccc2c(c1)CC2.c1ccc2c(c1)CC2. The normalized spacial score (nSPS) is 14.5. The monoisotopic (exact) mass is 208 g/mol. The lowest BCUT2D eigenvalue weighted by molar-refractivity contribution is 0.839. The summed E-state index contributed by atoms with van der Waals surface area (Å²) in [6.07, 6.45) is 5.21. The minimum absolute atomic E-state index is 1.30. The Bertz CT molecular complexity index is 403. The van der Waals surface area contributed by atoms with Gasteiger partial charge in [-0.15, -0.1) is 0 Å². The van der Waals surface area contributed by atoms with Gasteiger partial charge in [-0.25, -0.2) is 0 Å². The maximum Gasteiger partial charge on any atom is -0.0235 e. The van der Waals surface area contributed by atoms with Crippen molar-refractivity contribution in [3.8, 4) is 0 Å². The second-order valence-electron chi connectivity index (χ2n) is 4.54. The van der Waals surface area contributed by atoms with Crippen molar-refractivity contribution >= 4 is 0 Å². The van der Waals surface area contributed by atoms with Crippen LogP contribution in [0.3, 0.4) is 0 Å². The molecule has 0 nitrogen and oxygen atoms in total. The van der Waals surface area contributed by atoms with Gasteiger partial charge in [0.2, 0.25) is 0 Å². The summed E-state index contributed by atoms with van der Waals surface area (Å²) in [6.45, 7) is 0. The molecule has 80 valence electrons. The van der Waals surface area contributed by atoms with Gasteiger partial charge in [-0.05, 0) is 47.9 Å². The van der Waals surface area contributed by atoms with Gasteiger partial charge in [-0.3, -0.25) is 0 Å². The summed E-state index contributed by atoms with van der Waals surface area (Å²) < 4.78 is 0. The molecular formula is C16H16. The summed E-state index contributed by atoms with van der Waals surface area (Å²) in [4.78, 5) is 0. The smallest absolute Gasteiger partial charge is 0.0235 e. The zero-order valence-corrected chi connectivity index (χ0v) is 9.45. The van der Waals surface area contributed by atoms with Gasteiger partial charge in [0.15, 0.2) is 0 Å². The molecule has 2 aliphatic carbocycles. The van der Waals surface area contributed by atoms with Gasteiger partial charge >= 0.3 is 0 Å². The molecule has 2 aliphatic rings. The average Bonchev–Trinajstić information content (AvgIpc) is 2.23. The lowest BCUT2D eigenvalue weighted by Crippen LogP contribution is -2.06. The van der Waals surface area contributed by atoms with E-state index in [-0.39, 0.29) is 0 Å². The Morgan fingerprint density at radius 1 is 0.438 bits per heavy atom. The lowest BCUT2D eigenvalue weighted by Gasteiger charge is -2.16. The quantitative estimate of drug-likeness (QED) is 0.621. The summed E-state index contributed by atoms with van der Waals surface area (Å²) in [5.41, 5.74) is 6.19. The Labute approximate surface area is 96.9 Å². The van der Waals surface area contributed by atoms with Crippen molar-refractivity contribution in [3.05, 3.63) is 70.8 Å². The number of rotatable bonds is 0. The van der Waals surface area contributed by atoms with E-state index in [9.17, 15) is 0 Å². The fourth-order valence-electron chi connectivity index (χ4n) is 2.28. The number of hydrogen-bond donors (Lipinski definition) is 0. The lowest BCUT2D eigenvalue weighted by atomic mass is 9.89. The molecule has 0 aliphatic heterocycles. The van der Waals surface area contributed by atoms with Crippen molar-refractivity contribution in [2.24, 2.45) is 0 Å². The second-order valence-corrected chi connectivity index (χ2v) is 4.54. The van der Waals surface area contributed by atoms with Gasteiger partial charge in [-0.1, -0.05) is 48.5 Å². The molecular weight excluding hydrogens is 192 g/mol. The minimum Gasteiger partial charge on any atom is -0.0620 e. The molecule has 0 saturated heterocycles. The van der Waals surface area contributed by atoms with E-state index in [1.54, 1.807) is 22.3 Å². The second kappa shape index (κ2) is 4.13. The molecule has 2 aromatic carbocycles. The summed E-state index contributed by atoms with van der Waals surface area (Å²) in [5, 5.41) is 0. The van der Waals surface area contributed by atoms with E-state index in [0.717, 1.165) is 0 Å². The molecule has 0 unspecified atom stereocenters. The van der Waals surface area contributed by atoms with Gasteiger partial charge in [0.25, 0.3) is 0 Å². The van der Waals surface area contributed by atoms with E-state index >= 15 is 0 Å². The van der Waals surface area contributed by atoms with Gasteiger partial charge in [0.1, 0.15) is 0 Å². The zero-order chi connectivity index (χ0) is 10.8. The van der Waals surface area contributed by atoms with Crippen LogP contribution in [0, 0.1) is 0 Å². The van der Waals surface area contributed by atoms with Crippen molar-refractivity contribution in [3.63, 3.8) is 0 Å². The van der Waals surface area contributed by atoms with E-state index < -0.39 is 0 Å². The number of fused-ring (bicyclic) bond motifs is 2. The molecule has 0 saturated carbocycles. The fourth-order valence-corrected chi connectivity index (χ4v) is 2.28. The maximum atomic E-state index is 2.21. The molecule has 0 heterocycles. The standard InChI is InChI=1S/2C8H8/c2*1-2-4-8-6-5-7(8)3-1/h2*1-4H,5-6H2. The van der Waals surface area contributed by atoms with E-state index in [0.29, 0.717) is 0 Å². The highest BCUT2D eigenvalue weighted by atomic mass is 14.1. The van der Waals surface area contributed by atoms with Crippen molar-refractivity contribution in [1.29, 1.82) is 0 Å². The first-order valence-electron chi connectivity index (χ1n) is 6.07. The molecule has 4 rings (SSSR count). The minimum atomic E-state index is 1.30. The molecule has 2 aromatic rings. The van der Waals surface area contributed by atoms with Crippen molar-refractivity contribution < 1.29 is 0 Å². The third-order valence-electron chi connectivity index (χ3n) is 3.56. The van der Waals surface area contributed by atoms with Crippen LogP contribution in [0.2, 0.25) is 0 Å². The Balaban J connectivity index is 0.000000101. The molecule has 0 aromatic heterocycles. The van der Waals surface area contributed by atoms with Crippen LogP contribution in [0.4, 0.5) is 0 Å². The molecule has 0 bridgehead atoms. The topological polar surface area (TPSA) is 0 Å². The third kappa shape index (κ3) is 1.76. The summed E-state index contributed by atoms with van der Waals surface area (Å²) >= 11 is 0. The number of aryl methyl sites for hydroxylation is 4. The molecule has 0 amide bonds. The van der Waals surface area contributed by atoms with E-state index in [4.69, 9.17) is 0 Å². The average molecular weight is 208 g/mol. The van der Waals surface area contributed by atoms with Crippen LogP contribution < -0.4 is 0 Å². The van der Waals surface area contributed by atoms with Gasteiger partial charge < -0.3 is 0 Å². The first-order chi connectivity index (χ1) is 7.93. The van der Waals surface area contributed by atoms with Crippen molar-refractivity contribution in [2.75, 3.05) is 0 Å². The van der Waals surface area contributed by atoms with E-state index in [2.05, 4.69) is 48.5 Å². The van der Waals surface area contributed by atoms with Crippen molar-refractivity contribution in [1.82, 2.24) is 0 Å². The number of hydrogen-bond acceptors (Lipinski definition) is 0. The molecule has 0 fully saturated rings. The Kier molecular flexibility index (Phi) is 2.49. The first-order valence-corrected chi connectivity index (χ1v) is 6.07. The highest BCUT2D eigenvalue weighted by Gasteiger charge is 2.09. The molecule has 0 spiro atoms. The highest BCUT2D eigenvalue weighted by molar-refractivity contribution is 5.35. The Hall–Kier alpha value is -1.56. The highest BCUT2D eigenvalue weighted by Crippen LogP contribution is 2.21. The summed E-state index contributed by atoms with van der Waals surface area (Å²) in [7, 11) is 0. The van der Waals surface area contributed by atoms with Crippen LogP contribution in [0.5, 0.6) is 0 Å². The van der Waals surface area contributed by atoms with Crippen LogP contribution >= 0.6 is 0 Å². The van der Waals surface area contributed by atoms with Crippen LogP contribution in [-0.4, -0.2) is 0 Å². The first kappa shape index (κ1) is 9.65. The van der Waals surface area contributed by atoms with Crippen molar-refractivity contribution in [2.45, 2.75) is 25.7 Å². The fraction of sp³-hybridized carbons (Fsp3) is 0.250. The van der Waals surface area contributed by atoms with Crippen LogP contribution in [0.15, 0.2) is 48.5 Å². The predicted molar refractivity (Wildman–Crippen MR) is 67.7 cm³/mol. The van der Waals surface area contributed by atoms with Crippen LogP contribution in [0.1, 0.15) is 22.3 Å². The maximum absolute atomic E-state index is 2.21. The molecule has 0 radical (unpaired) electrons. The van der Waals surface area contributed by atoms with Gasteiger partial charge in [0.05, 0.1) is 0 Å². The Morgan fingerprint density at radius 3 is 0.812 bits per heavy atom. The summed E-state index contributed by atoms with van der Waals surface area (Å²) in [6, 6.07) is 17.3. The van der Waals surface area contributed by atoms with E-state index in [1.165, 1.54) is 25.7 Å². The number of benzene rings is 2. The van der Waals surface area contributed by atoms with Gasteiger partial charge in [-0.2, -0.15) is 0 Å². The molecule has 0 N–H and O–H groups in total. The molecule has 16 heavy (non-hydrogen) atoms. The Morgan fingerprint density at radius 2 is 0.688 bits per heavy atom. The predicted octanol–water partition coefficient (Wildman–Crippen LogP) is 3.57. The third-order valence-corrected chi connectivity index (χ3v) is 3.56. The summed E-state index contributed by atoms with van der Waals surface area (Å²) in [5.74, 6) is 0. The van der Waals surface area contributed by atoms with E-state index in [1.807, 2.05) is 0 Å².